The Kier molecular flexibility index (Phi) is 5.38. The number of aromatic nitrogens is 2. The number of anilines is 2. The van der Waals surface area contributed by atoms with Crippen molar-refractivity contribution in [2.24, 2.45) is 12.8 Å². The first-order valence-electron chi connectivity index (χ1n) is 8.54. The number of imidazole rings is 1. The van der Waals surface area contributed by atoms with Gasteiger partial charge in [0.25, 0.3) is 0 Å². The first-order chi connectivity index (χ1) is 12.8. The predicted octanol–water partition coefficient (Wildman–Crippen LogP) is 3.02. The fraction of sp³-hybridized carbons (Fsp3) is 0.333. The van der Waals surface area contributed by atoms with Gasteiger partial charge in [0.1, 0.15) is 11.5 Å². The Bertz CT molecular complexity index is 896. The zero-order valence-electron chi connectivity index (χ0n) is 15.3. The number of urea groups is 1. The summed E-state index contributed by atoms with van der Waals surface area (Å²) in [5.41, 5.74) is 7.37. The molecule has 2 heterocycles. The summed E-state index contributed by atoms with van der Waals surface area (Å²) < 4.78 is 15.6. The van der Waals surface area contributed by atoms with E-state index >= 15 is 0 Å². The lowest BCUT2D eigenvalue weighted by Crippen LogP contribution is -2.44. The molecular weight excluding hydrogens is 371 g/mol. The van der Waals surface area contributed by atoms with Gasteiger partial charge < -0.3 is 15.6 Å². The monoisotopic (exact) mass is 392 g/mol. The average molecular weight is 393 g/mol. The van der Waals surface area contributed by atoms with Crippen LogP contribution in [0.2, 0.25) is 5.02 Å². The van der Waals surface area contributed by atoms with Crippen LogP contribution in [0.25, 0.3) is 5.70 Å². The van der Waals surface area contributed by atoms with Gasteiger partial charge >= 0.3 is 6.03 Å². The van der Waals surface area contributed by atoms with Gasteiger partial charge in [0.05, 0.1) is 17.3 Å². The molecule has 0 unspecified atom stereocenters. The molecule has 0 radical (unpaired) electrons. The van der Waals surface area contributed by atoms with Crippen molar-refractivity contribution < 1.29 is 9.18 Å². The maximum absolute atomic E-state index is 13.8. The molecule has 0 saturated heterocycles. The molecule has 1 aromatic carbocycles. The van der Waals surface area contributed by atoms with Gasteiger partial charge in [-0.1, -0.05) is 24.2 Å². The SMILES string of the molecule is C=C1c2c(nc(NCCCN)n2C)N(C)C(=O)N1Cc1ccc(Cl)c(F)c1. The first-order valence-corrected chi connectivity index (χ1v) is 8.92. The van der Waals surface area contributed by atoms with Gasteiger partial charge in [-0.2, -0.15) is 4.98 Å². The van der Waals surface area contributed by atoms with E-state index in [1.54, 1.807) is 13.1 Å². The number of carbonyl (C=O) groups is 1. The Morgan fingerprint density at radius 2 is 2.11 bits per heavy atom. The molecule has 0 atom stereocenters. The zero-order chi connectivity index (χ0) is 19.7. The van der Waals surface area contributed by atoms with E-state index in [0.717, 1.165) is 12.1 Å². The van der Waals surface area contributed by atoms with E-state index in [-0.39, 0.29) is 17.6 Å². The van der Waals surface area contributed by atoms with Gasteiger partial charge in [0.2, 0.25) is 5.95 Å². The van der Waals surface area contributed by atoms with Crippen LogP contribution in [-0.4, -0.2) is 40.6 Å². The third kappa shape index (κ3) is 3.50. The quantitative estimate of drug-likeness (QED) is 0.740. The topological polar surface area (TPSA) is 79.4 Å². The number of benzene rings is 1. The molecule has 144 valence electrons. The van der Waals surface area contributed by atoms with Gasteiger partial charge in [-0.25, -0.2) is 9.18 Å². The van der Waals surface area contributed by atoms with E-state index in [1.807, 2.05) is 11.6 Å². The minimum absolute atomic E-state index is 0.0433. The molecule has 9 heteroatoms. The molecule has 0 bridgehead atoms. The standard InChI is InChI=1S/C18H22ClFN6O/c1-11-15-16(23-17(24(15)2)22-8-4-7-21)25(3)18(27)26(11)10-12-5-6-13(19)14(20)9-12/h5-6,9H,1,4,7-8,10,21H2,2-3H3,(H,22,23). The van der Waals surface area contributed by atoms with Crippen LogP contribution in [0.5, 0.6) is 0 Å². The van der Waals surface area contributed by atoms with Crippen LogP contribution >= 0.6 is 11.6 Å². The van der Waals surface area contributed by atoms with E-state index in [4.69, 9.17) is 17.3 Å². The Labute approximate surface area is 162 Å². The Balaban J connectivity index is 1.91. The molecule has 2 aromatic rings. The Hall–Kier alpha value is -2.58. The highest BCUT2D eigenvalue weighted by Gasteiger charge is 2.35. The van der Waals surface area contributed by atoms with Crippen LogP contribution in [-0.2, 0) is 13.6 Å². The van der Waals surface area contributed by atoms with Crippen molar-refractivity contribution in [3.63, 3.8) is 0 Å². The Morgan fingerprint density at radius 3 is 2.78 bits per heavy atom. The third-order valence-corrected chi connectivity index (χ3v) is 4.81. The van der Waals surface area contributed by atoms with Crippen molar-refractivity contribution in [1.29, 1.82) is 0 Å². The molecule has 1 aliphatic heterocycles. The van der Waals surface area contributed by atoms with E-state index in [1.165, 1.54) is 21.9 Å². The van der Waals surface area contributed by atoms with Gasteiger partial charge in [-0.05, 0) is 30.7 Å². The van der Waals surface area contributed by atoms with E-state index in [2.05, 4.69) is 16.9 Å². The minimum atomic E-state index is -0.523. The average Bonchev–Trinajstić information content (AvgIpc) is 2.97. The zero-order valence-corrected chi connectivity index (χ0v) is 16.1. The maximum atomic E-state index is 13.8. The molecule has 0 spiro atoms. The fourth-order valence-corrected chi connectivity index (χ4v) is 3.12. The number of nitrogens with zero attached hydrogens (tertiary/aromatic N) is 4. The van der Waals surface area contributed by atoms with Crippen LogP contribution in [0.15, 0.2) is 24.8 Å². The highest BCUT2D eigenvalue weighted by atomic mass is 35.5. The van der Waals surface area contributed by atoms with E-state index < -0.39 is 5.82 Å². The maximum Gasteiger partial charge on any atom is 0.330 e. The largest absolute Gasteiger partial charge is 0.356 e. The summed E-state index contributed by atoms with van der Waals surface area (Å²) in [4.78, 5) is 20.3. The summed E-state index contributed by atoms with van der Waals surface area (Å²) in [6, 6.07) is 4.20. The second kappa shape index (κ2) is 7.58. The molecule has 3 N–H and O–H groups in total. The number of amides is 2. The van der Waals surface area contributed by atoms with Gasteiger partial charge in [0.15, 0.2) is 5.82 Å². The minimum Gasteiger partial charge on any atom is -0.356 e. The molecule has 1 aromatic heterocycles. The lowest BCUT2D eigenvalue weighted by molar-refractivity contribution is 0.222. The first kappa shape index (κ1) is 19.2. The smallest absolute Gasteiger partial charge is 0.330 e. The van der Waals surface area contributed by atoms with Gasteiger partial charge in [0, 0.05) is 20.6 Å². The fourth-order valence-electron chi connectivity index (χ4n) is 3.00. The Morgan fingerprint density at radius 1 is 1.37 bits per heavy atom. The summed E-state index contributed by atoms with van der Waals surface area (Å²) >= 11 is 5.74. The number of rotatable bonds is 6. The lowest BCUT2D eigenvalue weighted by atomic mass is 10.1. The number of nitrogens with one attached hydrogen (secondary N) is 1. The number of hydrogen-bond donors (Lipinski definition) is 2. The van der Waals surface area contributed by atoms with Crippen LogP contribution in [0.1, 0.15) is 17.7 Å². The summed E-state index contributed by atoms with van der Waals surface area (Å²) in [6.45, 7) is 5.51. The summed E-state index contributed by atoms with van der Waals surface area (Å²) in [5.74, 6) is 0.639. The molecule has 2 amide bonds. The third-order valence-electron chi connectivity index (χ3n) is 4.50. The predicted molar refractivity (Wildman–Crippen MR) is 105 cm³/mol. The van der Waals surface area contributed by atoms with Crippen molar-refractivity contribution in [3.05, 3.63) is 46.9 Å². The molecule has 1 aliphatic rings. The summed E-state index contributed by atoms with van der Waals surface area (Å²) in [5, 5.41) is 3.26. The number of hydrogen-bond acceptors (Lipinski definition) is 4. The van der Waals surface area contributed by atoms with Crippen molar-refractivity contribution in [2.75, 3.05) is 30.4 Å². The molecule has 7 nitrogen and oxygen atoms in total. The molecule has 27 heavy (non-hydrogen) atoms. The van der Waals surface area contributed by atoms with Crippen LogP contribution in [0, 0.1) is 5.82 Å². The van der Waals surface area contributed by atoms with E-state index in [9.17, 15) is 9.18 Å². The van der Waals surface area contributed by atoms with Gasteiger partial charge in [-0.15, -0.1) is 0 Å². The highest BCUT2D eigenvalue weighted by molar-refractivity contribution is 6.30. The molecule has 0 saturated carbocycles. The molecular formula is C18H22ClFN6O. The van der Waals surface area contributed by atoms with Crippen molar-refractivity contribution in [3.8, 4) is 0 Å². The highest BCUT2D eigenvalue weighted by Crippen LogP contribution is 2.36. The molecule has 0 aliphatic carbocycles. The van der Waals surface area contributed by atoms with Crippen molar-refractivity contribution >= 4 is 35.1 Å². The van der Waals surface area contributed by atoms with Crippen LogP contribution in [0.3, 0.4) is 0 Å². The lowest BCUT2D eigenvalue weighted by Gasteiger charge is -2.34. The number of nitrogens with two attached hydrogens (primary N) is 1. The number of carbonyl (C=O) groups excluding carboxylic acids is 1. The summed E-state index contributed by atoms with van der Waals surface area (Å²) in [7, 11) is 3.51. The molecule has 0 fully saturated rings. The number of fused-ring (bicyclic) bond motifs is 1. The van der Waals surface area contributed by atoms with Crippen LogP contribution in [0.4, 0.5) is 21.0 Å². The number of halogens is 2. The van der Waals surface area contributed by atoms with Crippen molar-refractivity contribution in [2.45, 2.75) is 13.0 Å². The van der Waals surface area contributed by atoms with Gasteiger partial charge in [-0.3, -0.25) is 9.80 Å². The summed E-state index contributed by atoms with van der Waals surface area (Å²) in [6.07, 6.45) is 0.807. The van der Waals surface area contributed by atoms with Crippen LogP contribution < -0.4 is 16.0 Å². The normalized spacial score (nSPS) is 14.0. The van der Waals surface area contributed by atoms with E-state index in [0.29, 0.717) is 36.1 Å². The second-order valence-electron chi connectivity index (χ2n) is 6.36. The van der Waals surface area contributed by atoms with Crippen molar-refractivity contribution in [1.82, 2.24) is 14.5 Å². The second-order valence-corrected chi connectivity index (χ2v) is 6.77. The molecule has 3 rings (SSSR count).